The Balaban J connectivity index is 2.01. The molecule has 0 unspecified atom stereocenters. The monoisotopic (exact) mass is 290 g/mol. The molecule has 0 saturated heterocycles. The number of carbonyl (C=O) groups is 1. The predicted octanol–water partition coefficient (Wildman–Crippen LogP) is 2.53. The van der Waals surface area contributed by atoms with E-state index in [1.165, 1.54) is 6.21 Å². The molecule has 1 aromatic heterocycles. The summed E-state index contributed by atoms with van der Waals surface area (Å²) in [6.45, 7) is 0. The van der Waals surface area contributed by atoms with E-state index in [0.29, 0.717) is 16.7 Å². The summed E-state index contributed by atoms with van der Waals surface area (Å²) in [4.78, 5) is 14.5. The van der Waals surface area contributed by atoms with Crippen LogP contribution in [0.1, 0.15) is 5.56 Å². The highest BCUT2D eigenvalue weighted by molar-refractivity contribution is 6.30. The lowest BCUT2D eigenvalue weighted by atomic mass is 10.2. The molecule has 20 heavy (non-hydrogen) atoms. The van der Waals surface area contributed by atoms with Gasteiger partial charge in [0.25, 0.3) is 0 Å². The topological polar surface area (TPSA) is 89.6 Å². The summed E-state index contributed by atoms with van der Waals surface area (Å²) >= 11 is 5.84. The fourth-order valence-corrected chi connectivity index (χ4v) is 1.50. The smallest absolute Gasteiger partial charge is 0.332 e. The first-order valence-corrected chi connectivity index (χ1v) is 5.99. The second kappa shape index (κ2) is 6.53. The van der Waals surface area contributed by atoms with Gasteiger partial charge >= 0.3 is 6.03 Å². The van der Waals surface area contributed by atoms with Crippen LogP contribution in [0.25, 0.3) is 0 Å². The van der Waals surface area contributed by atoms with Crippen LogP contribution in [0.2, 0.25) is 5.02 Å². The number of primary amides is 1. The Kier molecular flexibility index (Phi) is 4.52. The van der Waals surface area contributed by atoms with Crippen molar-refractivity contribution in [2.75, 3.05) is 0 Å². The van der Waals surface area contributed by atoms with Crippen LogP contribution in [0.5, 0.6) is 11.6 Å². The van der Waals surface area contributed by atoms with Crippen molar-refractivity contribution in [3.63, 3.8) is 0 Å². The predicted molar refractivity (Wildman–Crippen MR) is 76.1 cm³/mol. The lowest BCUT2D eigenvalue weighted by Gasteiger charge is -2.04. The third kappa shape index (κ3) is 4.25. The van der Waals surface area contributed by atoms with Gasteiger partial charge in [-0.3, -0.25) is 0 Å². The quantitative estimate of drug-likeness (QED) is 0.670. The van der Waals surface area contributed by atoms with E-state index in [0.717, 1.165) is 5.56 Å². The van der Waals surface area contributed by atoms with E-state index in [1.807, 2.05) is 0 Å². The van der Waals surface area contributed by atoms with Crippen LogP contribution >= 0.6 is 11.6 Å². The van der Waals surface area contributed by atoms with Gasteiger partial charge in [0.15, 0.2) is 0 Å². The number of hydrogen-bond acceptors (Lipinski definition) is 4. The number of urea groups is 1. The average Bonchev–Trinajstić information content (AvgIpc) is 2.40. The Hall–Kier alpha value is -2.60. The number of benzene rings is 1. The third-order valence-electron chi connectivity index (χ3n) is 2.19. The molecule has 0 spiro atoms. The van der Waals surface area contributed by atoms with Gasteiger partial charge < -0.3 is 10.5 Å². The maximum atomic E-state index is 10.4. The van der Waals surface area contributed by atoms with E-state index in [9.17, 15) is 4.79 Å². The molecular formula is C13H11ClN4O2. The van der Waals surface area contributed by atoms with Crippen molar-refractivity contribution in [3.05, 3.63) is 53.2 Å². The molecule has 7 heteroatoms. The Morgan fingerprint density at radius 2 is 2.10 bits per heavy atom. The maximum Gasteiger partial charge on any atom is 0.332 e. The Morgan fingerprint density at radius 3 is 2.75 bits per heavy atom. The highest BCUT2D eigenvalue weighted by Crippen LogP contribution is 2.21. The summed E-state index contributed by atoms with van der Waals surface area (Å²) in [6.07, 6.45) is 3.03. The molecule has 0 radical (unpaired) electrons. The van der Waals surface area contributed by atoms with E-state index >= 15 is 0 Å². The summed E-state index contributed by atoms with van der Waals surface area (Å²) in [6, 6.07) is 9.60. The summed E-state index contributed by atoms with van der Waals surface area (Å²) in [5, 5.41) is 4.20. The van der Waals surface area contributed by atoms with Crippen molar-refractivity contribution >= 4 is 23.8 Å². The molecule has 2 aromatic rings. The van der Waals surface area contributed by atoms with Crippen molar-refractivity contribution in [2.24, 2.45) is 10.8 Å². The molecule has 0 aliphatic heterocycles. The van der Waals surface area contributed by atoms with Gasteiger partial charge in [0.05, 0.1) is 6.21 Å². The molecule has 0 saturated carbocycles. The van der Waals surface area contributed by atoms with Crippen LogP contribution in [-0.2, 0) is 0 Å². The van der Waals surface area contributed by atoms with E-state index in [4.69, 9.17) is 22.1 Å². The van der Waals surface area contributed by atoms with Crippen molar-refractivity contribution < 1.29 is 9.53 Å². The summed E-state index contributed by atoms with van der Waals surface area (Å²) < 4.78 is 5.53. The molecule has 0 fully saturated rings. The third-order valence-corrected chi connectivity index (χ3v) is 2.42. The van der Waals surface area contributed by atoms with Gasteiger partial charge in [-0.1, -0.05) is 11.6 Å². The summed E-state index contributed by atoms with van der Waals surface area (Å²) in [5.74, 6) is 1.02. The minimum Gasteiger partial charge on any atom is -0.439 e. The average molecular weight is 291 g/mol. The number of hydrogen-bond donors (Lipinski definition) is 2. The molecule has 1 aromatic carbocycles. The molecule has 6 nitrogen and oxygen atoms in total. The van der Waals surface area contributed by atoms with Gasteiger partial charge in [-0.15, -0.1) is 0 Å². The molecule has 0 atom stereocenters. The molecular weight excluding hydrogens is 280 g/mol. The summed E-state index contributed by atoms with van der Waals surface area (Å²) in [7, 11) is 0. The maximum absolute atomic E-state index is 10.4. The second-order valence-corrected chi connectivity index (χ2v) is 4.15. The van der Waals surface area contributed by atoms with Crippen LogP contribution in [0.3, 0.4) is 0 Å². The largest absolute Gasteiger partial charge is 0.439 e. The zero-order valence-corrected chi connectivity index (χ0v) is 11.0. The molecule has 0 aliphatic carbocycles. The number of pyridine rings is 1. The number of amides is 2. The van der Waals surface area contributed by atoms with Crippen molar-refractivity contribution in [1.82, 2.24) is 10.4 Å². The van der Waals surface area contributed by atoms with Crippen LogP contribution in [0, 0.1) is 0 Å². The first-order chi connectivity index (χ1) is 9.63. The van der Waals surface area contributed by atoms with Crippen molar-refractivity contribution in [2.45, 2.75) is 0 Å². The van der Waals surface area contributed by atoms with E-state index in [2.05, 4.69) is 15.5 Å². The fourth-order valence-electron chi connectivity index (χ4n) is 1.35. The number of ether oxygens (including phenoxy) is 1. The van der Waals surface area contributed by atoms with Gasteiger partial charge in [-0.2, -0.15) is 5.10 Å². The number of nitrogens with zero attached hydrogens (tertiary/aromatic N) is 2. The van der Waals surface area contributed by atoms with Gasteiger partial charge in [0, 0.05) is 17.3 Å². The zero-order valence-electron chi connectivity index (χ0n) is 10.3. The molecule has 2 rings (SSSR count). The first kappa shape index (κ1) is 13.8. The number of nitrogens with two attached hydrogens (primary N) is 1. The number of hydrazone groups is 1. The molecule has 102 valence electrons. The number of nitrogens with one attached hydrogen (secondary N) is 1. The van der Waals surface area contributed by atoms with Crippen molar-refractivity contribution in [3.8, 4) is 11.6 Å². The Morgan fingerprint density at radius 1 is 1.35 bits per heavy atom. The Labute approximate surface area is 120 Å². The molecule has 2 amide bonds. The molecule has 0 bridgehead atoms. The normalized spacial score (nSPS) is 10.4. The van der Waals surface area contributed by atoms with E-state index in [1.54, 1.807) is 42.6 Å². The minimum atomic E-state index is -0.715. The van der Waals surface area contributed by atoms with E-state index < -0.39 is 6.03 Å². The van der Waals surface area contributed by atoms with Crippen molar-refractivity contribution in [1.29, 1.82) is 0 Å². The van der Waals surface area contributed by atoms with Gasteiger partial charge in [0.2, 0.25) is 5.88 Å². The summed E-state index contributed by atoms with van der Waals surface area (Å²) in [5.41, 5.74) is 7.77. The SMILES string of the molecule is NC(=O)NN=Cc1ccc(Oc2cc(Cl)ccn2)cc1. The molecule has 1 heterocycles. The van der Waals surface area contributed by atoms with Gasteiger partial charge in [0.1, 0.15) is 5.75 Å². The zero-order chi connectivity index (χ0) is 14.4. The number of rotatable bonds is 4. The highest BCUT2D eigenvalue weighted by atomic mass is 35.5. The lowest BCUT2D eigenvalue weighted by molar-refractivity contribution is 0.249. The van der Waals surface area contributed by atoms with Gasteiger partial charge in [-0.05, 0) is 35.9 Å². The number of aromatic nitrogens is 1. The number of carbonyl (C=O) groups excluding carboxylic acids is 1. The van der Waals surface area contributed by atoms with E-state index in [-0.39, 0.29) is 0 Å². The lowest BCUT2D eigenvalue weighted by Crippen LogP contribution is -2.24. The van der Waals surface area contributed by atoms with Crippen LogP contribution < -0.4 is 15.9 Å². The van der Waals surface area contributed by atoms with Crippen LogP contribution in [-0.4, -0.2) is 17.2 Å². The molecule has 0 aliphatic rings. The fraction of sp³-hybridized carbons (Fsp3) is 0. The molecule has 3 N–H and O–H groups in total. The Bertz CT molecular complexity index is 629. The van der Waals surface area contributed by atoms with Gasteiger partial charge in [-0.25, -0.2) is 15.2 Å². The standard InChI is InChI=1S/C13H11ClN4O2/c14-10-5-6-16-12(7-10)20-11-3-1-9(2-4-11)8-17-18-13(15)19/h1-8H,(H3,15,18,19). The minimum absolute atomic E-state index is 0.411. The highest BCUT2D eigenvalue weighted by Gasteiger charge is 1.99. The van der Waals surface area contributed by atoms with Crippen LogP contribution in [0.15, 0.2) is 47.7 Å². The first-order valence-electron chi connectivity index (χ1n) is 5.61. The van der Waals surface area contributed by atoms with Crippen LogP contribution in [0.4, 0.5) is 4.79 Å². The number of halogens is 1. The second-order valence-electron chi connectivity index (χ2n) is 3.72.